The Morgan fingerprint density at radius 3 is 2.08 bits per heavy atom. The molecular weight excluding hydrogens is 173 g/mol. The number of hydrogen-bond acceptors (Lipinski definition) is 2. The van der Waals surface area contributed by atoms with Crippen LogP contribution in [0.1, 0.15) is 0 Å². The van der Waals surface area contributed by atoms with Crippen LogP contribution >= 0.6 is 0 Å². The first-order chi connectivity index (χ1) is 5.41. The molecule has 0 amide bonds. The molecule has 0 radical (unpaired) electrons. The van der Waals surface area contributed by atoms with E-state index in [0.29, 0.717) is 12.2 Å². The molecule has 0 unspecified atom stereocenters. The molecule has 12 heavy (non-hydrogen) atoms. The number of halogens is 3. The molecule has 0 spiro atoms. The molecule has 0 saturated heterocycles. The summed E-state index contributed by atoms with van der Waals surface area (Å²) in [4.78, 5) is 21.0. The predicted octanol–water partition coefficient (Wildman–Crippen LogP) is 1.18. The fraction of sp³-hybridized carbons (Fsp3) is 0.143. The topological polar surface area (TPSA) is 34.1 Å². The molecule has 0 aromatic carbocycles. The van der Waals surface area contributed by atoms with Crippen LogP contribution in [-0.4, -0.2) is 17.7 Å². The summed E-state index contributed by atoms with van der Waals surface area (Å²) in [7, 11) is 0. The van der Waals surface area contributed by atoms with Crippen LogP contribution in [0.2, 0.25) is 0 Å². The average Bonchev–Trinajstić information content (AvgIpc) is 1.92. The zero-order valence-electron chi connectivity index (χ0n) is 5.68. The minimum atomic E-state index is -4.74. The summed E-state index contributed by atoms with van der Waals surface area (Å²) < 4.78 is 35.7. The lowest BCUT2D eigenvalue weighted by atomic mass is 10.0. The molecule has 1 rings (SSSR count). The zero-order valence-corrected chi connectivity index (χ0v) is 5.68. The summed E-state index contributed by atoms with van der Waals surface area (Å²) in [5, 5.41) is 0. The third-order valence-electron chi connectivity index (χ3n) is 1.26. The molecule has 64 valence electrons. The fourth-order valence-electron chi connectivity index (χ4n) is 0.731. The van der Waals surface area contributed by atoms with Gasteiger partial charge in [-0.05, 0) is 12.2 Å². The van der Waals surface area contributed by atoms with Gasteiger partial charge in [-0.1, -0.05) is 0 Å². The molecule has 0 saturated carbocycles. The lowest BCUT2D eigenvalue weighted by molar-refractivity contribution is -0.127. The van der Waals surface area contributed by atoms with E-state index >= 15 is 0 Å². The van der Waals surface area contributed by atoms with Crippen molar-refractivity contribution in [2.45, 2.75) is 6.18 Å². The van der Waals surface area contributed by atoms with Gasteiger partial charge in [0.2, 0.25) is 0 Å². The van der Waals surface area contributed by atoms with Gasteiger partial charge in [0.1, 0.15) is 5.57 Å². The van der Waals surface area contributed by atoms with Gasteiger partial charge in [-0.15, -0.1) is 0 Å². The Hall–Kier alpha value is -1.39. The molecule has 0 bridgehead atoms. The maximum atomic E-state index is 11.9. The molecule has 0 aromatic heterocycles. The molecule has 0 N–H and O–H groups in total. The van der Waals surface area contributed by atoms with E-state index in [0.717, 1.165) is 6.08 Å². The lowest BCUT2D eigenvalue weighted by Gasteiger charge is -2.09. The highest BCUT2D eigenvalue weighted by Gasteiger charge is 2.38. The summed E-state index contributed by atoms with van der Waals surface area (Å²) in [6, 6.07) is 0. The molecule has 0 aromatic rings. The SMILES string of the molecule is O=C1C=CC(=O)C(C(F)(F)F)=C1. The number of carbonyl (C=O) groups excluding carboxylic acids is 2. The van der Waals surface area contributed by atoms with Crippen molar-refractivity contribution < 1.29 is 22.8 Å². The third kappa shape index (κ3) is 1.61. The molecule has 0 heterocycles. The maximum absolute atomic E-state index is 11.9. The van der Waals surface area contributed by atoms with Crippen LogP contribution in [0.15, 0.2) is 23.8 Å². The van der Waals surface area contributed by atoms with Gasteiger partial charge in [0.25, 0.3) is 0 Å². The van der Waals surface area contributed by atoms with Crippen molar-refractivity contribution in [1.29, 1.82) is 0 Å². The van der Waals surface area contributed by atoms with Gasteiger partial charge in [-0.2, -0.15) is 13.2 Å². The van der Waals surface area contributed by atoms with Crippen molar-refractivity contribution in [2.75, 3.05) is 0 Å². The Bertz CT molecular complexity index is 296. The van der Waals surface area contributed by atoms with E-state index in [4.69, 9.17) is 0 Å². The van der Waals surface area contributed by atoms with Crippen LogP contribution in [0.4, 0.5) is 13.2 Å². The van der Waals surface area contributed by atoms with Crippen molar-refractivity contribution in [3.05, 3.63) is 23.8 Å². The zero-order chi connectivity index (χ0) is 9.35. The van der Waals surface area contributed by atoms with E-state index in [9.17, 15) is 22.8 Å². The second-order valence-corrected chi connectivity index (χ2v) is 2.16. The Morgan fingerprint density at radius 1 is 1.08 bits per heavy atom. The number of rotatable bonds is 0. The molecule has 0 aliphatic heterocycles. The summed E-state index contributed by atoms with van der Waals surface area (Å²) in [6.45, 7) is 0. The second kappa shape index (κ2) is 2.58. The molecule has 0 fully saturated rings. The Balaban J connectivity index is 3.05. The number of carbonyl (C=O) groups is 2. The van der Waals surface area contributed by atoms with E-state index in [1.807, 2.05) is 0 Å². The van der Waals surface area contributed by atoms with Crippen LogP contribution in [0.25, 0.3) is 0 Å². The van der Waals surface area contributed by atoms with E-state index in [2.05, 4.69) is 0 Å². The molecule has 5 heteroatoms. The molecule has 1 aliphatic rings. The Morgan fingerprint density at radius 2 is 1.67 bits per heavy atom. The summed E-state index contributed by atoms with van der Waals surface area (Å²) in [5.41, 5.74) is -1.41. The van der Waals surface area contributed by atoms with Crippen LogP contribution in [-0.2, 0) is 9.59 Å². The summed E-state index contributed by atoms with van der Waals surface area (Å²) >= 11 is 0. The minimum absolute atomic E-state index is 0.294. The normalized spacial score (nSPS) is 18.1. The number of alkyl halides is 3. The smallest absolute Gasteiger partial charge is 0.290 e. The summed E-state index contributed by atoms with van der Waals surface area (Å²) in [5.74, 6) is -2.00. The van der Waals surface area contributed by atoms with Crippen molar-refractivity contribution >= 4 is 11.6 Å². The van der Waals surface area contributed by atoms with Crippen LogP contribution in [0.5, 0.6) is 0 Å². The first-order valence-corrected chi connectivity index (χ1v) is 2.96. The molecule has 1 aliphatic carbocycles. The van der Waals surface area contributed by atoms with Crippen molar-refractivity contribution in [3.63, 3.8) is 0 Å². The van der Waals surface area contributed by atoms with E-state index in [1.54, 1.807) is 0 Å². The first kappa shape index (κ1) is 8.70. The predicted molar refractivity (Wildman–Crippen MR) is 33.3 cm³/mol. The van der Waals surface area contributed by atoms with Gasteiger partial charge in [0, 0.05) is 6.08 Å². The van der Waals surface area contributed by atoms with Crippen LogP contribution in [0.3, 0.4) is 0 Å². The second-order valence-electron chi connectivity index (χ2n) is 2.16. The van der Waals surface area contributed by atoms with Gasteiger partial charge in [-0.25, -0.2) is 0 Å². The highest BCUT2D eigenvalue weighted by Crippen LogP contribution is 2.27. The number of hydrogen-bond donors (Lipinski definition) is 0. The number of ketones is 2. The number of allylic oxidation sites excluding steroid dienone is 4. The maximum Gasteiger partial charge on any atom is 0.420 e. The minimum Gasteiger partial charge on any atom is -0.290 e. The fourth-order valence-corrected chi connectivity index (χ4v) is 0.731. The third-order valence-corrected chi connectivity index (χ3v) is 1.26. The lowest BCUT2D eigenvalue weighted by Crippen LogP contribution is -2.22. The van der Waals surface area contributed by atoms with Gasteiger partial charge in [0.05, 0.1) is 0 Å². The van der Waals surface area contributed by atoms with Crippen LogP contribution in [0, 0.1) is 0 Å². The van der Waals surface area contributed by atoms with Crippen LogP contribution < -0.4 is 0 Å². The average molecular weight is 176 g/mol. The Labute approximate surface area is 65.4 Å². The van der Waals surface area contributed by atoms with E-state index in [-0.39, 0.29) is 0 Å². The van der Waals surface area contributed by atoms with Crippen molar-refractivity contribution in [3.8, 4) is 0 Å². The highest BCUT2D eigenvalue weighted by molar-refractivity contribution is 6.17. The molecular formula is C7H3F3O2. The molecule has 2 nitrogen and oxygen atoms in total. The highest BCUT2D eigenvalue weighted by atomic mass is 19.4. The standard InChI is InChI=1S/C7H3F3O2/c8-7(9,10)5-3-4(11)1-2-6(5)12/h1-3H. The largest absolute Gasteiger partial charge is 0.420 e. The van der Waals surface area contributed by atoms with E-state index < -0.39 is 23.3 Å². The first-order valence-electron chi connectivity index (χ1n) is 2.96. The van der Waals surface area contributed by atoms with Crippen molar-refractivity contribution in [2.24, 2.45) is 0 Å². The van der Waals surface area contributed by atoms with Gasteiger partial charge in [0.15, 0.2) is 11.6 Å². The van der Waals surface area contributed by atoms with Gasteiger partial charge >= 0.3 is 6.18 Å². The van der Waals surface area contributed by atoms with Gasteiger partial charge in [-0.3, -0.25) is 9.59 Å². The molecule has 0 atom stereocenters. The monoisotopic (exact) mass is 176 g/mol. The Kier molecular flexibility index (Phi) is 1.87. The van der Waals surface area contributed by atoms with Crippen molar-refractivity contribution in [1.82, 2.24) is 0 Å². The van der Waals surface area contributed by atoms with Gasteiger partial charge < -0.3 is 0 Å². The van der Waals surface area contributed by atoms with E-state index in [1.165, 1.54) is 0 Å². The summed E-state index contributed by atoms with van der Waals surface area (Å²) in [6.07, 6.45) is -3.03. The quantitative estimate of drug-likeness (QED) is 0.519.